The molecule has 39 heavy (non-hydrogen) atoms. The Bertz CT molecular complexity index is 1390. The van der Waals surface area contributed by atoms with Gasteiger partial charge in [-0.05, 0) is 82.0 Å². The second-order valence-electron chi connectivity index (χ2n) is 10.2. The van der Waals surface area contributed by atoms with E-state index in [2.05, 4.69) is 5.32 Å². The summed E-state index contributed by atoms with van der Waals surface area (Å²) in [5, 5.41) is 2.91. The minimum absolute atomic E-state index is 0.0886. The van der Waals surface area contributed by atoms with Crippen LogP contribution in [0.25, 0.3) is 0 Å². The number of hydrogen-bond donors (Lipinski definition) is 1. The molecule has 8 heteroatoms. The van der Waals surface area contributed by atoms with Gasteiger partial charge in [0.05, 0.1) is 10.6 Å². The van der Waals surface area contributed by atoms with Crippen LogP contribution < -0.4 is 9.62 Å². The average molecular weight is 550 g/mol. The second-order valence-corrected chi connectivity index (χ2v) is 12.1. The van der Waals surface area contributed by atoms with Crippen LogP contribution in [0.4, 0.5) is 5.69 Å². The number of benzene rings is 3. The molecule has 0 radical (unpaired) electrons. The number of hydrogen-bond acceptors (Lipinski definition) is 4. The first-order valence-corrected chi connectivity index (χ1v) is 14.7. The lowest BCUT2D eigenvalue weighted by atomic mass is 10.1. The summed E-state index contributed by atoms with van der Waals surface area (Å²) < 4.78 is 28.9. The lowest BCUT2D eigenvalue weighted by molar-refractivity contribution is -0.140. The zero-order valence-electron chi connectivity index (χ0n) is 23.6. The van der Waals surface area contributed by atoms with Crippen molar-refractivity contribution in [3.63, 3.8) is 0 Å². The Morgan fingerprint density at radius 3 is 2.08 bits per heavy atom. The van der Waals surface area contributed by atoms with E-state index in [4.69, 9.17) is 0 Å². The van der Waals surface area contributed by atoms with Crippen LogP contribution in [-0.4, -0.2) is 43.8 Å². The van der Waals surface area contributed by atoms with E-state index in [0.717, 1.165) is 26.6 Å². The average Bonchev–Trinajstić information content (AvgIpc) is 2.90. The van der Waals surface area contributed by atoms with Crippen LogP contribution in [0.3, 0.4) is 0 Å². The fourth-order valence-corrected chi connectivity index (χ4v) is 5.75. The maximum atomic E-state index is 14.1. The molecule has 0 unspecified atom stereocenters. The summed E-state index contributed by atoms with van der Waals surface area (Å²) in [6, 6.07) is 20.3. The van der Waals surface area contributed by atoms with E-state index in [1.807, 2.05) is 71.9 Å². The first-order chi connectivity index (χ1) is 18.4. The number of carbonyl (C=O) groups is 2. The molecule has 0 aliphatic carbocycles. The van der Waals surface area contributed by atoms with E-state index in [1.165, 1.54) is 17.0 Å². The van der Waals surface area contributed by atoms with Crippen LogP contribution in [0.15, 0.2) is 77.7 Å². The van der Waals surface area contributed by atoms with Crippen LogP contribution in [0.1, 0.15) is 49.4 Å². The van der Waals surface area contributed by atoms with Crippen molar-refractivity contribution in [1.82, 2.24) is 10.2 Å². The first-order valence-electron chi connectivity index (χ1n) is 13.2. The number of sulfonamides is 1. The van der Waals surface area contributed by atoms with Gasteiger partial charge in [-0.15, -0.1) is 0 Å². The van der Waals surface area contributed by atoms with E-state index in [0.29, 0.717) is 12.1 Å². The molecule has 3 rings (SSSR count). The number of nitrogens with zero attached hydrogens (tertiary/aromatic N) is 2. The number of carbonyl (C=O) groups excluding carboxylic acids is 2. The van der Waals surface area contributed by atoms with Gasteiger partial charge in [-0.2, -0.15) is 0 Å². The fourth-order valence-electron chi connectivity index (χ4n) is 4.32. The van der Waals surface area contributed by atoms with Crippen molar-refractivity contribution in [2.24, 2.45) is 0 Å². The van der Waals surface area contributed by atoms with Gasteiger partial charge < -0.3 is 10.2 Å². The highest BCUT2D eigenvalue weighted by Crippen LogP contribution is 2.26. The van der Waals surface area contributed by atoms with E-state index in [1.54, 1.807) is 30.3 Å². The minimum Gasteiger partial charge on any atom is -0.352 e. The monoisotopic (exact) mass is 549 g/mol. The molecule has 0 bridgehead atoms. The maximum absolute atomic E-state index is 14.1. The highest BCUT2D eigenvalue weighted by atomic mass is 32.2. The number of aryl methyl sites for hydroxylation is 3. The third-order valence-electron chi connectivity index (χ3n) is 6.68. The summed E-state index contributed by atoms with van der Waals surface area (Å²) in [6.45, 7) is 11.1. The molecule has 0 spiro atoms. The highest BCUT2D eigenvalue weighted by molar-refractivity contribution is 7.92. The quantitative estimate of drug-likeness (QED) is 0.359. The fraction of sp³-hybridized carbons (Fsp3) is 0.355. The Hall–Kier alpha value is -3.65. The van der Waals surface area contributed by atoms with Crippen LogP contribution in [-0.2, 0) is 26.2 Å². The molecule has 7 nitrogen and oxygen atoms in total. The van der Waals surface area contributed by atoms with Gasteiger partial charge >= 0.3 is 0 Å². The van der Waals surface area contributed by atoms with Crippen molar-refractivity contribution in [2.75, 3.05) is 10.8 Å². The molecule has 0 aromatic heterocycles. The second kappa shape index (κ2) is 12.9. The van der Waals surface area contributed by atoms with E-state index in [-0.39, 0.29) is 23.4 Å². The molecule has 3 aromatic rings. The van der Waals surface area contributed by atoms with Crippen molar-refractivity contribution < 1.29 is 18.0 Å². The van der Waals surface area contributed by atoms with Crippen molar-refractivity contribution in [2.45, 2.75) is 71.5 Å². The predicted molar refractivity (Wildman–Crippen MR) is 156 cm³/mol. The number of amides is 2. The normalized spacial score (nSPS) is 12.2. The van der Waals surface area contributed by atoms with Crippen LogP contribution in [0.2, 0.25) is 0 Å². The summed E-state index contributed by atoms with van der Waals surface area (Å²) in [5.74, 6) is -0.726. The lowest BCUT2D eigenvalue weighted by Gasteiger charge is -2.33. The zero-order valence-corrected chi connectivity index (χ0v) is 24.5. The zero-order chi connectivity index (χ0) is 28.7. The van der Waals surface area contributed by atoms with Gasteiger partial charge in [0.2, 0.25) is 11.8 Å². The van der Waals surface area contributed by atoms with Gasteiger partial charge in [0.25, 0.3) is 10.0 Å². The topological polar surface area (TPSA) is 86.8 Å². The van der Waals surface area contributed by atoms with E-state index < -0.39 is 28.5 Å². The standard InChI is InChI=1S/C31H39N3O4S/c1-7-29(31(36)32-22(2)3)33(20-26-16-13-23(4)14-17-26)30(35)21-34(27-18-15-24(5)25(6)19-27)39(37,38)28-11-9-8-10-12-28/h8-19,22,29H,7,20-21H2,1-6H3,(H,32,36)/t29-/m1/s1. The number of nitrogens with one attached hydrogen (secondary N) is 1. The molecule has 0 saturated carbocycles. The van der Waals surface area contributed by atoms with Gasteiger partial charge in [-0.3, -0.25) is 13.9 Å². The van der Waals surface area contributed by atoms with Gasteiger partial charge in [-0.1, -0.05) is 61.0 Å². The number of rotatable bonds is 11. The van der Waals surface area contributed by atoms with Crippen molar-refractivity contribution >= 4 is 27.5 Å². The molecule has 0 aliphatic heterocycles. The predicted octanol–water partition coefficient (Wildman–Crippen LogP) is 5.14. The Labute approximate surface area is 232 Å². The molecule has 0 fully saturated rings. The Kier molecular flexibility index (Phi) is 9.92. The van der Waals surface area contributed by atoms with E-state index >= 15 is 0 Å². The van der Waals surface area contributed by atoms with Crippen LogP contribution in [0, 0.1) is 20.8 Å². The van der Waals surface area contributed by atoms with Gasteiger partial charge in [0, 0.05) is 12.6 Å². The van der Waals surface area contributed by atoms with Gasteiger partial charge in [0.15, 0.2) is 0 Å². The molecule has 2 amide bonds. The molecular formula is C31H39N3O4S. The summed E-state index contributed by atoms with van der Waals surface area (Å²) in [4.78, 5) is 28.8. The lowest BCUT2D eigenvalue weighted by Crippen LogP contribution is -2.53. The van der Waals surface area contributed by atoms with Crippen LogP contribution >= 0.6 is 0 Å². The Morgan fingerprint density at radius 1 is 0.872 bits per heavy atom. The summed E-state index contributed by atoms with van der Waals surface area (Å²) in [7, 11) is -4.08. The highest BCUT2D eigenvalue weighted by Gasteiger charge is 2.33. The molecule has 0 aliphatic rings. The molecule has 0 heterocycles. The van der Waals surface area contributed by atoms with Crippen LogP contribution in [0.5, 0.6) is 0 Å². The molecule has 1 atom stereocenters. The van der Waals surface area contributed by atoms with Crippen molar-refractivity contribution in [3.8, 4) is 0 Å². The maximum Gasteiger partial charge on any atom is 0.264 e. The third-order valence-corrected chi connectivity index (χ3v) is 8.47. The van der Waals surface area contributed by atoms with Crippen molar-refractivity contribution in [3.05, 3.63) is 95.1 Å². The summed E-state index contributed by atoms with van der Waals surface area (Å²) in [5.41, 5.74) is 4.25. The summed E-state index contributed by atoms with van der Waals surface area (Å²) >= 11 is 0. The third kappa shape index (κ3) is 7.47. The van der Waals surface area contributed by atoms with Gasteiger partial charge in [0.1, 0.15) is 12.6 Å². The first kappa shape index (κ1) is 29.9. The van der Waals surface area contributed by atoms with E-state index in [9.17, 15) is 18.0 Å². The smallest absolute Gasteiger partial charge is 0.264 e. The Morgan fingerprint density at radius 2 is 1.51 bits per heavy atom. The molecule has 0 saturated heterocycles. The summed E-state index contributed by atoms with van der Waals surface area (Å²) in [6.07, 6.45) is 0.380. The molecule has 208 valence electrons. The molecule has 3 aromatic carbocycles. The molecular weight excluding hydrogens is 510 g/mol. The largest absolute Gasteiger partial charge is 0.352 e. The van der Waals surface area contributed by atoms with Crippen molar-refractivity contribution in [1.29, 1.82) is 0 Å². The Balaban J connectivity index is 2.07. The molecule has 1 N–H and O–H groups in total. The number of anilines is 1. The van der Waals surface area contributed by atoms with Gasteiger partial charge in [-0.25, -0.2) is 8.42 Å². The SMILES string of the molecule is CC[C@H](C(=O)NC(C)C)N(Cc1ccc(C)cc1)C(=O)CN(c1ccc(C)c(C)c1)S(=O)(=O)c1ccccc1. The minimum atomic E-state index is -4.08.